The molecule has 1 aliphatic heterocycles. The van der Waals surface area contributed by atoms with E-state index >= 15 is 0 Å². The molecule has 1 aromatic rings. The van der Waals surface area contributed by atoms with Crippen LogP contribution in [0.4, 0.5) is 0 Å². The number of benzene rings is 1. The van der Waals surface area contributed by atoms with Crippen molar-refractivity contribution in [3.63, 3.8) is 0 Å². The molecule has 2 rings (SSSR count). The molecule has 3 nitrogen and oxygen atoms in total. The predicted molar refractivity (Wildman–Crippen MR) is 73.5 cm³/mol. The Bertz CT molecular complexity index is 391. The van der Waals surface area contributed by atoms with Crippen LogP contribution in [0.5, 0.6) is 5.75 Å². The summed E-state index contributed by atoms with van der Waals surface area (Å²) in [6.45, 7) is 2.21. The fourth-order valence-corrected chi connectivity index (χ4v) is 2.95. The smallest absolute Gasteiger partial charge is 0.133 e. The average molecular weight is 299 g/mol. The van der Waals surface area contributed by atoms with Gasteiger partial charge in [0.05, 0.1) is 11.6 Å². The molecule has 0 radical (unpaired) electrons. The number of nitrogens with zero attached hydrogens (tertiary/aromatic N) is 1. The molecular formula is C13H19BrN2O. The van der Waals surface area contributed by atoms with Crippen molar-refractivity contribution in [3.05, 3.63) is 28.2 Å². The highest BCUT2D eigenvalue weighted by Crippen LogP contribution is 2.34. The Hall–Kier alpha value is -0.580. The third kappa shape index (κ3) is 2.64. The van der Waals surface area contributed by atoms with Crippen molar-refractivity contribution in [1.82, 2.24) is 10.2 Å². The van der Waals surface area contributed by atoms with Crippen molar-refractivity contribution in [1.29, 1.82) is 0 Å². The van der Waals surface area contributed by atoms with Gasteiger partial charge in [0.2, 0.25) is 0 Å². The Morgan fingerprint density at radius 1 is 1.41 bits per heavy atom. The van der Waals surface area contributed by atoms with E-state index in [1.165, 1.54) is 5.56 Å². The van der Waals surface area contributed by atoms with Crippen LogP contribution in [-0.2, 0) is 0 Å². The Balaban J connectivity index is 2.26. The summed E-state index contributed by atoms with van der Waals surface area (Å²) < 4.78 is 6.29. The van der Waals surface area contributed by atoms with E-state index in [2.05, 4.69) is 52.4 Å². The van der Waals surface area contributed by atoms with Crippen molar-refractivity contribution in [3.8, 4) is 5.75 Å². The summed E-state index contributed by atoms with van der Waals surface area (Å²) >= 11 is 3.55. The number of rotatable bonds is 4. The van der Waals surface area contributed by atoms with Gasteiger partial charge in [-0.25, -0.2) is 0 Å². The Labute approximate surface area is 111 Å². The standard InChI is InChI=1S/C13H19BrN2O/c1-16(2)13(10-7-15-8-10)9-4-5-12(17-3)11(14)6-9/h4-6,10,13,15H,7-8H2,1-3H3. The fourth-order valence-electron chi connectivity index (χ4n) is 2.39. The molecule has 1 heterocycles. The van der Waals surface area contributed by atoms with Gasteiger partial charge < -0.3 is 15.0 Å². The van der Waals surface area contributed by atoms with Crippen LogP contribution in [0.1, 0.15) is 11.6 Å². The van der Waals surface area contributed by atoms with Crippen LogP contribution in [0.25, 0.3) is 0 Å². The predicted octanol–water partition coefficient (Wildman–Crippen LogP) is 2.28. The van der Waals surface area contributed by atoms with Crippen molar-refractivity contribution < 1.29 is 4.74 Å². The van der Waals surface area contributed by atoms with Crippen LogP contribution in [0, 0.1) is 5.92 Å². The summed E-state index contributed by atoms with van der Waals surface area (Å²) in [4.78, 5) is 2.29. The molecule has 94 valence electrons. The fraction of sp³-hybridized carbons (Fsp3) is 0.538. The maximum Gasteiger partial charge on any atom is 0.133 e. The number of ether oxygens (including phenoxy) is 1. The van der Waals surface area contributed by atoms with Gasteiger partial charge in [-0.05, 0) is 47.7 Å². The molecule has 1 saturated heterocycles. The molecular weight excluding hydrogens is 280 g/mol. The Morgan fingerprint density at radius 3 is 2.53 bits per heavy atom. The molecule has 0 spiro atoms. The summed E-state index contributed by atoms with van der Waals surface area (Å²) in [6.07, 6.45) is 0. The highest BCUT2D eigenvalue weighted by atomic mass is 79.9. The van der Waals surface area contributed by atoms with Gasteiger partial charge in [-0.1, -0.05) is 6.07 Å². The molecule has 17 heavy (non-hydrogen) atoms. The second-order valence-electron chi connectivity index (χ2n) is 4.72. The van der Waals surface area contributed by atoms with Gasteiger partial charge >= 0.3 is 0 Å². The maximum atomic E-state index is 5.27. The summed E-state index contributed by atoms with van der Waals surface area (Å²) in [7, 11) is 5.97. The molecule has 0 saturated carbocycles. The molecule has 1 atom stereocenters. The summed E-state index contributed by atoms with van der Waals surface area (Å²) in [6, 6.07) is 6.83. The monoisotopic (exact) mass is 298 g/mol. The van der Waals surface area contributed by atoms with Crippen LogP contribution in [0.2, 0.25) is 0 Å². The summed E-state index contributed by atoms with van der Waals surface area (Å²) in [5, 5.41) is 3.34. The van der Waals surface area contributed by atoms with Gasteiger partial charge in [0.1, 0.15) is 5.75 Å². The molecule has 0 aromatic heterocycles. The van der Waals surface area contributed by atoms with E-state index in [0.717, 1.165) is 23.3 Å². The van der Waals surface area contributed by atoms with E-state index in [-0.39, 0.29) is 0 Å². The first-order valence-electron chi connectivity index (χ1n) is 5.84. The second kappa shape index (κ2) is 5.38. The highest BCUT2D eigenvalue weighted by molar-refractivity contribution is 9.10. The molecule has 1 fully saturated rings. The highest BCUT2D eigenvalue weighted by Gasteiger charge is 2.30. The summed E-state index contributed by atoms with van der Waals surface area (Å²) in [5.41, 5.74) is 1.34. The quantitative estimate of drug-likeness (QED) is 0.923. The number of methoxy groups -OCH3 is 1. The normalized spacial score (nSPS) is 17.9. The Morgan fingerprint density at radius 2 is 2.12 bits per heavy atom. The molecule has 0 amide bonds. The van der Waals surface area contributed by atoms with Crippen molar-refractivity contribution in [2.45, 2.75) is 6.04 Å². The number of hydrogen-bond donors (Lipinski definition) is 1. The molecule has 1 aromatic carbocycles. The summed E-state index contributed by atoms with van der Waals surface area (Å²) in [5.74, 6) is 1.59. The van der Waals surface area contributed by atoms with E-state index in [9.17, 15) is 0 Å². The van der Waals surface area contributed by atoms with Crippen molar-refractivity contribution >= 4 is 15.9 Å². The average Bonchev–Trinajstić information content (AvgIpc) is 2.22. The lowest BCUT2D eigenvalue weighted by atomic mass is 9.88. The SMILES string of the molecule is COc1ccc(C(C2CNC2)N(C)C)cc1Br. The topological polar surface area (TPSA) is 24.5 Å². The third-order valence-electron chi connectivity index (χ3n) is 3.33. The second-order valence-corrected chi connectivity index (χ2v) is 5.58. The zero-order chi connectivity index (χ0) is 12.4. The van der Waals surface area contributed by atoms with Gasteiger partial charge in [-0.2, -0.15) is 0 Å². The van der Waals surface area contributed by atoms with E-state index in [1.54, 1.807) is 7.11 Å². The van der Waals surface area contributed by atoms with Gasteiger partial charge in [-0.15, -0.1) is 0 Å². The number of nitrogens with one attached hydrogen (secondary N) is 1. The first-order valence-corrected chi connectivity index (χ1v) is 6.63. The Kier molecular flexibility index (Phi) is 4.07. The van der Waals surface area contributed by atoms with Gasteiger partial charge in [-0.3, -0.25) is 0 Å². The first-order chi connectivity index (χ1) is 8.13. The molecule has 4 heteroatoms. The minimum absolute atomic E-state index is 0.471. The lowest BCUT2D eigenvalue weighted by Gasteiger charge is -2.39. The largest absolute Gasteiger partial charge is 0.496 e. The molecule has 0 aliphatic carbocycles. The number of halogens is 1. The van der Waals surface area contributed by atoms with Crippen LogP contribution >= 0.6 is 15.9 Å². The number of hydrogen-bond acceptors (Lipinski definition) is 3. The van der Waals surface area contributed by atoms with Crippen molar-refractivity contribution in [2.24, 2.45) is 5.92 Å². The maximum absolute atomic E-state index is 5.27. The van der Waals surface area contributed by atoms with Gasteiger partial charge in [0, 0.05) is 25.0 Å². The molecule has 1 unspecified atom stereocenters. The molecule has 1 aliphatic rings. The molecule has 0 bridgehead atoms. The van der Waals surface area contributed by atoms with E-state index in [1.807, 2.05) is 6.07 Å². The lowest BCUT2D eigenvalue weighted by Crippen LogP contribution is -2.48. The van der Waals surface area contributed by atoms with E-state index < -0.39 is 0 Å². The minimum atomic E-state index is 0.471. The van der Waals surface area contributed by atoms with Crippen LogP contribution < -0.4 is 10.1 Å². The zero-order valence-electron chi connectivity index (χ0n) is 10.5. The van der Waals surface area contributed by atoms with Gasteiger partial charge in [0.25, 0.3) is 0 Å². The van der Waals surface area contributed by atoms with Crippen molar-refractivity contribution in [2.75, 3.05) is 34.3 Å². The minimum Gasteiger partial charge on any atom is -0.496 e. The van der Waals surface area contributed by atoms with Crippen LogP contribution in [0.15, 0.2) is 22.7 Å². The zero-order valence-corrected chi connectivity index (χ0v) is 12.1. The van der Waals surface area contributed by atoms with Crippen LogP contribution in [-0.4, -0.2) is 39.2 Å². The van der Waals surface area contributed by atoms with E-state index in [4.69, 9.17) is 4.74 Å². The van der Waals surface area contributed by atoms with E-state index in [0.29, 0.717) is 12.0 Å². The van der Waals surface area contributed by atoms with Crippen LogP contribution in [0.3, 0.4) is 0 Å². The third-order valence-corrected chi connectivity index (χ3v) is 3.95. The lowest BCUT2D eigenvalue weighted by molar-refractivity contribution is 0.161. The first kappa shape index (κ1) is 12.9. The molecule has 1 N–H and O–H groups in total. The van der Waals surface area contributed by atoms with Gasteiger partial charge in [0.15, 0.2) is 0 Å².